The van der Waals surface area contributed by atoms with Gasteiger partial charge in [0.15, 0.2) is 0 Å². The molecule has 0 radical (unpaired) electrons. The fourth-order valence-corrected chi connectivity index (χ4v) is 4.83. The van der Waals surface area contributed by atoms with Gasteiger partial charge in [-0.15, -0.1) is 0 Å². The number of likely N-dealkylation sites (tertiary alicyclic amines) is 2. The lowest BCUT2D eigenvalue weighted by molar-refractivity contribution is -0.126. The monoisotopic (exact) mass is 435 g/mol. The molecule has 0 spiro atoms. The Labute approximate surface area is 190 Å². The summed E-state index contributed by atoms with van der Waals surface area (Å²) >= 11 is 0. The number of rotatable bonds is 7. The van der Waals surface area contributed by atoms with Crippen molar-refractivity contribution in [1.29, 1.82) is 0 Å². The molecule has 32 heavy (non-hydrogen) atoms. The van der Waals surface area contributed by atoms with Gasteiger partial charge in [-0.05, 0) is 62.2 Å². The number of carbonyl (C=O) groups excluding carboxylic acids is 2. The number of nitrogens with one attached hydrogen (secondary N) is 1. The maximum absolute atomic E-state index is 13.3. The van der Waals surface area contributed by atoms with Crippen molar-refractivity contribution in [2.75, 3.05) is 46.4 Å². The topological polar surface area (TPSA) is 61.9 Å². The van der Waals surface area contributed by atoms with Gasteiger partial charge in [0.1, 0.15) is 5.75 Å². The first-order valence-corrected chi connectivity index (χ1v) is 11.6. The molecule has 0 aromatic heterocycles. The first kappa shape index (κ1) is 22.3. The van der Waals surface area contributed by atoms with E-state index in [4.69, 9.17) is 4.74 Å². The van der Waals surface area contributed by atoms with E-state index in [9.17, 15) is 9.59 Å². The fourth-order valence-electron chi connectivity index (χ4n) is 4.83. The van der Waals surface area contributed by atoms with Crippen LogP contribution in [0.2, 0.25) is 0 Å². The van der Waals surface area contributed by atoms with Crippen LogP contribution in [0.3, 0.4) is 0 Å². The second-order valence-electron chi connectivity index (χ2n) is 8.82. The molecule has 2 amide bonds. The highest BCUT2D eigenvalue weighted by molar-refractivity contribution is 5.95. The molecule has 2 atom stereocenters. The summed E-state index contributed by atoms with van der Waals surface area (Å²) in [6.45, 7) is 4.88. The predicted octanol–water partition coefficient (Wildman–Crippen LogP) is 3.15. The molecule has 0 saturated carbocycles. The molecule has 2 heterocycles. The number of nitrogens with zero attached hydrogens (tertiary/aromatic N) is 2. The molecule has 4 rings (SSSR count). The number of ether oxygens (including phenoxy) is 1. The summed E-state index contributed by atoms with van der Waals surface area (Å²) < 4.78 is 5.21. The van der Waals surface area contributed by atoms with Crippen LogP contribution in [0.15, 0.2) is 54.6 Å². The van der Waals surface area contributed by atoms with Crippen LogP contribution in [0.25, 0.3) is 0 Å². The van der Waals surface area contributed by atoms with Crippen LogP contribution in [0, 0.1) is 5.92 Å². The van der Waals surface area contributed by atoms with Crippen LogP contribution in [0.1, 0.15) is 41.1 Å². The Bertz CT molecular complexity index is 894. The summed E-state index contributed by atoms with van der Waals surface area (Å²) in [6, 6.07) is 17.4. The predicted molar refractivity (Wildman–Crippen MR) is 125 cm³/mol. The maximum atomic E-state index is 13.3. The fraction of sp³-hybridized carbons (Fsp3) is 0.462. The summed E-state index contributed by atoms with van der Waals surface area (Å²) in [7, 11) is 1.61. The minimum Gasteiger partial charge on any atom is -0.497 e. The van der Waals surface area contributed by atoms with Crippen LogP contribution in [0.4, 0.5) is 0 Å². The van der Waals surface area contributed by atoms with Gasteiger partial charge in [-0.2, -0.15) is 0 Å². The number of carbonyl (C=O) groups is 2. The van der Waals surface area contributed by atoms with Gasteiger partial charge in [0.25, 0.3) is 5.91 Å². The van der Waals surface area contributed by atoms with E-state index in [-0.39, 0.29) is 23.7 Å². The molecular weight excluding hydrogens is 402 g/mol. The van der Waals surface area contributed by atoms with E-state index in [1.54, 1.807) is 31.4 Å². The third kappa shape index (κ3) is 5.49. The van der Waals surface area contributed by atoms with E-state index in [1.807, 2.05) is 23.1 Å². The third-order valence-electron chi connectivity index (χ3n) is 6.64. The maximum Gasteiger partial charge on any atom is 0.253 e. The number of methoxy groups -OCH3 is 1. The van der Waals surface area contributed by atoms with Gasteiger partial charge in [0, 0.05) is 37.7 Å². The third-order valence-corrected chi connectivity index (χ3v) is 6.64. The van der Waals surface area contributed by atoms with Crippen molar-refractivity contribution in [1.82, 2.24) is 15.1 Å². The molecule has 170 valence electrons. The van der Waals surface area contributed by atoms with Crippen molar-refractivity contribution in [2.24, 2.45) is 5.92 Å². The molecule has 2 aromatic carbocycles. The van der Waals surface area contributed by atoms with Crippen LogP contribution in [-0.4, -0.2) is 68.0 Å². The minimum absolute atomic E-state index is 0.0387. The molecule has 2 aliphatic heterocycles. The largest absolute Gasteiger partial charge is 0.497 e. The normalized spacial score (nSPS) is 21.3. The van der Waals surface area contributed by atoms with Gasteiger partial charge in [0.05, 0.1) is 13.0 Å². The summed E-state index contributed by atoms with van der Waals surface area (Å²) in [5.74, 6) is 0.661. The van der Waals surface area contributed by atoms with E-state index in [0.29, 0.717) is 25.2 Å². The van der Waals surface area contributed by atoms with Crippen molar-refractivity contribution >= 4 is 11.8 Å². The summed E-state index contributed by atoms with van der Waals surface area (Å²) in [5, 5.41) is 3.13. The number of amides is 2. The minimum atomic E-state index is -0.213. The lowest BCUT2D eigenvalue weighted by Crippen LogP contribution is -2.48. The zero-order valence-electron chi connectivity index (χ0n) is 18.8. The molecular formula is C26H33N3O3. The molecule has 6 heteroatoms. The highest BCUT2D eigenvalue weighted by Crippen LogP contribution is 2.31. The number of hydrogen-bond donors (Lipinski definition) is 1. The molecule has 6 nitrogen and oxygen atoms in total. The molecule has 2 unspecified atom stereocenters. The Morgan fingerprint density at radius 3 is 2.41 bits per heavy atom. The van der Waals surface area contributed by atoms with E-state index < -0.39 is 0 Å². The van der Waals surface area contributed by atoms with E-state index >= 15 is 0 Å². The molecule has 0 bridgehead atoms. The van der Waals surface area contributed by atoms with Gasteiger partial charge < -0.3 is 19.9 Å². The molecule has 2 saturated heterocycles. The van der Waals surface area contributed by atoms with Crippen molar-refractivity contribution in [3.05, 3.63) is 65.7 Å². The van der Waals surface area contributed by atoms with E-state index in [2.05, 4.69) is 22.3 Å². The van der Waals surface area contributed by atoms with Crippen molar-refractivity contribution in [2.45, 2.75) is 25.2 Å². The highest BCUT2D eigenvalue weighted by Gasteiger charge is 2.34. The molecule has 2 aromatic rings. The quantitative estimate of drug-likeness (QED) is 0.726. The average molecular weight is 436 g/mol. The number of piperidine rings is 1. The van der Waals surface area contributed by atoms with Crippen LogP contribution < -0.4 is 10.1 Å². The zero-order chi connectivity index (χ0) is 22.3. The number of hydrogen-bond acceptors (Lipinski definition) is 4. The first-order valence-electron chi connectivity index (χ1n) is 11.6. The number of benzene rings is 2. The standard InChI is InChI=1S/C26H33N3O3/c1-32-24-11-9-21(10-12-24)26(31)29-18-22(20-7-3-2-4-8-20)17-23(19-29)25(30)27-13-16-28-14-5-6-15-28/h2-4,7-12,22-23H,5-6,13-19H2,1H3,(H,27,30). The zero-order valence-corrected chi connectivity index (χ0v) is 18.8. The summed E-state index contributed by atoms with van der Waals surface area (Å²) in [5.41, 5.74) is 1.79. The smallest absolute Gasteiger partial charge is 0.253 e. The molecule has 0 aliphatic carbocycles. The summed E-state index contributed by atoms with van der Waals surface area (Å²) in [4.78, 5) is 30.6. The van der Waals surface area contributed by atoms with Crippen molar-refractivity contribution in [3.63, 3.8) is 0 Å². The lowest BCUT2D eigenvalue weighted by Gasteiger charge is -2.37. The average Bonchev–Trinajstić information content (AvgIpc) is 3.37. The Balaban J connectivity index is 1.45. The Morgan fingerprint density at radius 1 is 1.00 bits per heavy atom. The molecule has 2 fully saturated rings. The Kier molecular flexibility index (Phi) is 7.43. The molecule has 2 aliphatic rings. The van der Waals surface area contributed by atoms with E-state index in [1.165, 1.54) is 18.4 Å². The highest BCUT2D eigenvalue weighted by atomic mass is 16.5. The second-order valence-corrected chi connectivity index (χ2v) is 8.82. The van der Waals surface area contributed by atoms with E-state index in [0.717, 1.165) is 31.8 Å². The van der Waals surface area contributed by atoms with Crippen LogP contribution in [0.5, 0.6) is 5.75 Å². The van der Waals surface area contributed by atoms with Gasteiger partial charge in [-0.25, -0.2) is 0 Å². The van der Waals surface area contributed by atoms with Crippen LogP contribution >= 0.6 is 0 Å². The first-order chi connectivity index (χ1) is 15.6. The Morgan fingerprint density at radius 2 is 1.72 bits per heavy atom. The van der Waals surface area contributed by atoms with Gasteiger partial charge in [-0.1, -0.05) is 30.3 Å². The van der Waals surface area contributed by atoms with Gasteiger partial charge >= 0.3 is 0 Å². The van der Waals surface area contributed by atoms with Crippen LogP contribution in [-0.2, 0) is 4.79 Å². The lowest BCUT2D eigenvalue weighted by atomic mass is 9.83. The van der Waals surface area contributed by atoms with Crippen molar-refractivity contribution in [3.8, 4) is 5.75 Å². The van der Waals surface area contributed by atoms with Gasteiger partial charge in [-0.3, -0.25) is 9.59 Å². The summed E-state index contributed by atoms with van der Waals surface area (Å²) in [6.07, 6.45) is 3.25. The Hall–Kier alpha value is -2.86. The SMILES string of the molecule is COc1ccc(C(=O)N2CC(C(=O)NCCN3CCCC3)CC(c3ccccc3)C2)cc1. The molecule has 1 N–H and O–H groups in total. The second kappa shape index (κ2) is 10.6. The van der Waals surface area contributed by atoms with Gasteiger partial charge in [0.2, 0.25) is 5.91 Å². The van der Waals surface area contributed by atoms with Crippen molar-refractivity contribution < 1.29 is 14.3 Å².